The lowest BCUT2D eigenvalue weighted by atomic mass is 10.1. The van der Waals surface area contributed by atoms with Crippen molar-refractivity contribution in [2.45, 2.75) is 19.4 Å². The first-order chi connectivity index (χ1) is 7.97. The van der Waals surface area contributed by atoms with Gasteiger partial charge in [0.25, 0.3) is 0 Å². The standard InChI is InChI=1S/C10H15NO6/c1-6(10(16)17-3-2-12)11-5-7(9(14)15)4-8(11)13/h6-7,12H,2-5H2,1H3,(H,14,15). The molecule has 1 rings (SSSR count). The Bertz CT molecular complexity index is 329. The summed E-state index contributed by atoms with van der Waals surface area (Å²) in [5.74, 6) is -2.82. The quantitative estimate of drug-likeness (QED) is 0.592. The summed E-state index contributed by atoms with van der Waals surface area (Å²) in [6, 6.07) is -0.821. The Morgan fingerprint density at radius 1 is 1.59 bits per heavy atom. The third-order valence-corrected chi connectivity index (χ3v) is 2.65. The highest BCUT2D eigenvalue weighted by molar-refractivity contribution is 5.89. The van der Waals surface area contributed by atoms with Gasteiger partial charge in [0.15, 0.2) is 0 Å². The maximum absolute atomic E-state index is 11.5. The molecule has 7 nitrogen and oxygen atoms in total. The number of likely N-dealkylation sites (tertiary alicyclic amines) is 1. The van der Waals surface area contributed by atoms with Gasteiger partial charge in [0, 0.05) is 13.0 Å². The lowest BCUT2D eigenvalue weighted by Gasteiger charge is -2.22. The molecule has 0 bridgehead atoms. The van der Waals surface area contributed by atoms with E-state index in [0.29, 0.717) is 0 Å². The van der Waals surface area contributed by atoms with E-state index in [0.717, 1.165) is 0 Å². The summed E-state index contributed by atoms with van der Waals surface area (Å²) >= 11 is 0. The Hall–Kier alpha value is -1.63. The minimum Gasteiger partial charge on any atom is -0.481 e. The van der Waals surface area contributed by atoms with E-state index >= 15 is 0 Å². The topological polar surface area (TPSA) is 104 Å². The molecule has 96 valence electrons. The van der Waals surface area contributed by atoms with Crippen molar-refractivity contribution in [3.8, 4) is 0 Å². The van der Waals surface area contributed by atoms with E-state index < -0.39 is 23.9 Å². The van der Waals surface area contributed by atoms with E-state index in [2.05, 4.69) is 4.74 Å². The Morgan fingerprint density at radius 3 is 2.71 bits per heavy atom. The van der Waals surface area contributed by atoms with Gasteiger partial charge in [-0.05, 0) is 6.92 Å². The van der Waals surface area contributed by atoms with Gasteiger partial charge in [-0.25, -0.2) is 4.79 Å². The van der Waals surface area contributed by atoms with Crippen molar-refractivity contribution in [1.82, 2.24) is 4.90 Å². The van der Waals surface area contributed by atoms with Crippen LogP contribution in [-0.2, 0) is 19.1 Å². The number of carboxylic acids is 1. The molecule has 2 N–H and O–H groups in total. The van der Waals surface area contributed by atoms with Crippen molar-refractivity contribution >= 4 is 17.8 Å². The SMILES string of the molecule is CC(C(=O)OCCO)N1CC(C(=O)O)CC1=O. The largest absolute Gasteiger partial charge is 0.481 e. The van der Waals surface area contributed by atoms with Crippen LogP contribution in [0.15, 0.2) is 0 Å². The monoisotopic (exact) mass is 245 g/mol. The van der Waals surface area contributed by atoms with Gasteiger partial charge in [0.1, 0.15) is 12.6 Å². The number of aliphatic hydroxyl groups is 1. The Morgan fingerprint density at radius 2 is 2.24 bits per heavy atom. The molecule has 0 radical (unpaired) electrons. The van der Waals surface area contributed by atoms with Crippen molar-refractivity contribution in [2.75, 3.05) is 19.8 Å². The number of nitrogens with zero attached hydrogens (tertiary/aromatic N) is 1. The number of ether oxygens (including phenoxy) is 1. The first kappa shape index (κ1) is 13.4. The molecular formula is C10H15NO6. The van der Waals surface area contributed by atoms with Crippen molar-refractivity contribution < 1.29 is 29.3 Å². The number of carbonyl (C=O) groups is 3. The highest BCUT2D eigenvalue weighted by atomic mass is 16.5. The van der Waals surface area contributed by atoms with E-state index in [9.17, 15) is 14.4 Å². The zero-order valence-corrected chi connectivity index (χ0v) is 9.46. The molecule has 1 amide bonds. The zero-order valence-electron chi connectivity index (χ0n) is 9.46. The Balaban J connectivity index is 2.58. The maximum atomic E-state index is 11.5. The number of aliphatic hydroxyl groups excluding tert-OH is 1. The average Bonchev–Trinajstić information content (AvgIpc) is 2.67. The van der Waals surface area contributed by atoms with Crippen LogP contribution in [0.2, 0.25) is 0 Å². The fourth-order valence-corrected chi connectivity index (χ4v) is 1.67. The van der Waals surface area contributed by atoms with Gasteiger partial charge >= 0.3 is 11.9 Å². The number of hydrogen-bond acceptors (Lipinski definition) is 5. The third-order valence-electron chi connectivity index (χ3n) is 2.65. The van der Waals surface area contributed by atoms with Gasteiger partial charge in [-0.2, -0.15) is 0 Å². The molecule has 17 heavy (non-hydrogen) atoms. The van der Waals surface area contributed by atoms with Crippen molar-refractivity contribution in [3.05, 3.63) is 0 Å². The minimum atomic E-state index is -1.04. The number of rotatable bonds is 5. The lowest BCUT2D eigenvalue weighted by molar-refractivity contribution is -0.154. The third kappa shape index (κ3) is 3.16. The molecular weight excluding hydrogens is 230 g/mol. The van der Waals surface area contributed by atoms with Crippen LogP contribution >= 0.6 is 0 Å². The van der Waals surface area contributed by atoms with Gasteiger partial charge in [0.2, 0.25) is 5.91 Å². The second kappa shape index (κ2) is 5.62. The van der Waals surface area contributed by atoms with Gasteiger partial charge in [-0.1, -0.05) is 0 Å². The molecule has 2 unspecified atom stereocenters. The molecule has 2 atom stereocenters. The van der Waals surface area contributed by atoms with Crippen LogP contribution in [0.3, 0.4) is 0 Å². The summed E-state index contributed by atoms with van der Waals surface area (Å²) in [5, 5.41) is 17.3. The molecule has 0 saturated carbocycles. The van der Waals surface area contributed by atoms with Crippen molar-refractivity contribution in [1.29, 1.82) is 0 Å². The molecule has 1 aliphatic heterocycles. The average molecular weight is 245 g/mol. The van der Waals surface area contributed by atoms with Crippen LogP contribution in [0.25, 0.3) is 0 Å². The molecule has 1 heterocycles. The van der Waals surface area contributed by atoms with Crippen molar-refractivity contribution in [2.24, 2.45) is 5.92 Å². The fraction of sp³-hybridized carbons (Fsp3) is 0.700. The molecule has 0 aromatic rings. The number of carbonyl (C=O) groups excluding carboxylic acids is 2. The molecule has 0 aliphatic carbocycles. The zero-order chi connectivity index (χ0) is 13.0. The number of esters is 1. The molecule has 0 aromatic carbocycles. The first-order valence-electron chi connectivity index (χ1n) is 5.27. The first-order valence-corrected chi connectivity index (χ1v) is 5.27. The van der Waals surface area contributed by atoms with E-state index in [4.69, 9.17) is 10.2 Å². The smallest absolute Gasteiger partial charge is 0.328 e. The van der Waals surface area contributed by atoms with Gasteiger partial charge in [0.05, 0.1) is 12.5 Å². The van der Waals surface area contributed by atoms with Crippen LogP contribution in [-0.4, -0.2) is 58.8 Å². The minimum absolute atomic E-state index is 0.0174. The Kier molecular flexibility index (Phi) is 4.45. The summed E-state index contributed by atoms with van der Waals surface area (Å²) in [6.45, 7) is 1.07. The highest BCUT2D eigenvalue weighted by Crippen LogP contribution is 2.20. The van der Waals surface area contributed by atoms with E-state index in [1.807, 2.05) is 0 Å². The molecule has 1 fully saturated rings. The fourth-order valence-electron chi connectivity index (χ4n) is 1.67. The van der Waals surface area contributed by atoms with Crippen LogP contribution in [0.5, 0.6) is 0 Å². The van der Waals surface area contributed by atoms with Crippen LogP contribution < -0.4 is 0 Å². The Labute approximate surface area is 98.0 Å². The van der Waals surface area contributed by atoms with Crippen LogP contribution in [0, 0.1) is 5.92 Å². The lowest BCUT2D eigenvalue weighted by Crippen LogP contribution is -2.41. The van der Waals surface area contributed by atoms with Gasteiger partial charge < -0.3 is 19.8 Å². The van der Waals surface area contributed by atoms with Gasteiger partial charge in [-0.15, -0.1) is 0 Å². The summed E-state index contributed by atoms with van der Waals surface area (Å²) in [7, 11) is 0. The number of hydrogen-bond donors (Lipinski definition) is 2. The molecule has 7 heteroatoms. The number of amides is 1. The number of aliphatic carboxylic acids is 1. The van der Waals surface area contributed by atoms with E-state index in [-0.39, 0.29) is 32.1 Å². The maximum Gasteiger partial charge on any atom is 0.328 e. The van der Waals surface area contributed by atoms with Crippen LogP contribution in [0.4, 0.5) is 0 Å². The molecule has 1 saturated heterocycles. The summed E-state index contributed by atoms with van der Waals surface area (Å²) < 4.78 is 4.68. The normalized spacial score (nSPS) is 21.4. The molecule has 0 spiro atoms. The highest BCUT2D eigenvalue weighted by Gasteiger charge is 2.39. The predicted octanol–water partition coefficient (Wildman–Crippen LogP) is -1.16. The predicted molar refractivity (Wildman–Crippen MR) is 55.0 cm³/mol. The second-order valence-corrected chi connectivity index (χ2v) is 3.85. The van der Waals surface area contributed by atoms with E-state index in [1.54, 1.807) is 0 Å². The van der Waals surface area contributed by atoms with Crippen LogP contribution in [0.1, 0.15) is 13.3 Å². The van der Waals surface area contributed by atoms with Gasteiger partial charge in [-0.3, -0.25) is 9.59 Å². The van der Waals surface area contributed by atoms with Crippen molar-refractivity contribution in [3.63, 3.8) is 0 Å². The summed E-state index contributed by atoms with van der Waals surface area (Å²) in [5.41, 5.74) is 0. The molecule has 0 aromatic heterocycles. The second-order valence-electron chi connectivity index (χ2n) is 3.85. The van der Waals surface area contributed by atoms with E-state index in [1.165, 1.54) is 11.8 Å². The number of carboxylic acid groups (broad SMARTS) is 1. The molecule has 1 aliphatic rings. The summed E-state index contributed by atoms with van der Waals surface area (Å²) in [6.07, 6.45) is -0.0903. The summed E-state index contributed by atoms with van der Waals surface area (Å²) in [4.78, 5) is 34.9.